The van der Waals surface area contributed by atoms with E-state index < -0.39 is 10.9 Å². The number of esters is 1. The molecule has 3 rings (SSSR count). The third kappa shape index (κ3) is 4.40. The Bertz CT molecular complexity index is 1090. The van der Waals surface area contributed by atoms with Crippen LogP contribution in [0.1, 0.15) is 26.3 Å². The third-order valence-electron chi connectivity index (χ3n) is 5.32. The molecule has 7 heteroatoms. The second kappa shape index (κ2) is 8.55. The van der Waals surface area contributed by atoms with Gasteiger partial charge in [0.15, 0.2) is 5.78 Å². The first kappa shape index (κ1) is 22.0. The lowest BCUT2D eigenvalue weighted by Gasteiger charge is -2.27. The van der Waals surface area contributed by atoms with Crippen LogP contribution in [0.3, 0.4) is 0 Å². The van der Waals surface area contributed by atoms with Crippen molar-refractivity contribution >= 4 is 17.4 Å². The van der Waals surface area contributed by atoms with Gasteiger partial charge in [-0.15, -0.1) is 0 Å². The summed E-state index contributed by atoms with van der Waals surface area (Å²) in [5.74, 6) is -0.742. The van der Waals surface area contributed by atoms with Gasteiger partial charge in [0.05, 0.1) is 11.5 Å². The van der Waals surface area contributed by atoms with Crippen molar-refractivity contribution in [3.8, 4) is 0 Å². The summed E-state index contributed by atoms with van der Waals surface area (Å²) >= 11 is 0. The zero-order chi connectivity index (χ0) is 22.8. The Morgan fingerprint density at radius 3 is 2.65 bits per heavy atom. The number of fused-ring (bicyclic) bond motifs is 1. The fraction of sp³-hybridized carbons (Fsp3) is 0.250. The van der Waals surface area contributed by atoms with Crippen LogP contribution < -0.4 is 4.90 Å². The molecule has 0 saturated carbocycles. The number of carbonyl (C=O) groups excluding carboxylic acids is 2. The molecule has 160 valence electrons. The first-order valence-electron chi connectivity index (χ1n) is 9.83. The van der Waals surface area contributed by atoms with Crippen LogP contribution in [0, 0.1) is 10.1 Å². The normalized spacial score (nSPS) is 19.4. The average Bonchev–Trinajstić information content (AvgIpc) is 2.94. The van der Waals surface area contributed by atoms with Crippen LogP contribution in [-0.4, -0.2) is 29.8 Å². The molecule has 0 atom stereocenters. The number of ketones is 1. The van der Waals surface area contributed by atoms with Gasteiger partial charge >= 0.3 is 5.97 Å². The summed E-state index contributed by atoms with van der Waals surface area (Å²) in [5, 5.41) is 11.1. The molecule has 0 spiro atoms. The molecule has 0 N–H and O–H groups in total. The summed E-state index contributed by atoms with van der Waals surface area (Å²) in [7, 11) is 0. The number of para-hydroxylation sites is 1. The van der Waals surface area contributed by atoms with Crippen LogP contribution in [0.15, 0.2) is 83.8 Å². The number of hydrogen-bond donors (Lipinski definition) is 0. The minimum Gasteiger partial charge on any atom is -0.460 e. The molecule has 2 aliphatic rings. The molecule has 7 nitrogen and oxygen atoms in total. The minimum absolute atomic E-state index is 0.137. The lowest BCUT2D eigenvalue weighted by atomic mass is 9.83. The Hall–Kier alpha value is -3.74. The van der Waals surface area contributed by atoms with Gasteiger partial charge in [0.1, 0.15) is 6.61 Å². The predicted molar refractivity (Wildman–Crippen MR) is 118 cm³/mol. The van der Waals surface area contributed by atoms with Crippen molar-refractivity contribution in [2.24, 2.45) is 0 Å². The Morgan fingerprint density at radius 1 is 1.26 bits per heavy atom. The number of anilines is 1. The monoisotopic (exact) mass is 420 g/mol. The molecule has 0 aromatic heterocycles. The zero-order valence-corrected chi connectivity index (χ0v) is 17.8. The maximum Gasteiger partial charge on any atom is 0.333 e. The summed E-state index contributed by atoms with van der Waals surface area (Å²) in [6.07, 6.45) is 7.08. The molecule has 0 amide bonds. The predicted octanol–water partition coefficient (Wildman–Crippen LogP) is 4.01. The summed E-state index contributed by atoms with van der Waals surface area (Å²) in [6.45, 7) is 9.89. The fourth-order valence-electron chi connectivity index (χ4n) is 3.68. The summed E-state index contributed by atoms with van der Waals surface area (Å²) in [5.41, 5.74) is 3.03. The first-order valence-corrected chi connectivity index (χ1v) is 9.83. The number of benzene rings is 1. The molecule has 0 radical (unpaired) electrons. The Labute approximate surface area is 180 Å². The molecule has 1 aromatic rings. The standard InChI is InChI=1S/C24H24N2O5/c1-16(2)23(28)31-14-13-25-20-8-6-5-7-19(20)24(3,4)22(25)12-9-17-15-18(26(29)30)10-11-21(17)27/h5-12,15H,1,13-14H2,2-4H3/b17-9-,22-12-. The van der Waals surface area contributed by atoms with Crippen LogP contribution in [0.5, 0.6) is 0 Å². The molecule has 31 heavy (non-hydrogen) atoms. The van der Waals surface area contributed by atoms with Gasteiger partial charge in [0.2, 0.25) is 0 Å². The van der Waals surface area contributed by atoms with E-state index in [1.807, 2.05) is 29.2 Å². The summed E-state index contributed by atoms with van der Waals surface area (Å²) in [6, 6.07) is 7.92. The molecular formula is C24H24N2O5. The fourth-order valence-corrected chi connectivity index (χ4v) is 3.68. The van der Waals surface area contributed by atoms with Gasteiger partial charge in [-0.05, 0) is 36.8 Å². The van der Waals surface area contributed by atoms with Crippen LogP contribution in [-0.2, 0) is 19.7 Å². The Kier molecular flexibility index (Phi) is 6.06. The summed E-state index contributed by atoms with van der Waals surface area (Å²) in [4.78, 5) is 36.5. The molecule has 0 bridgehead atoms. The molecule has 1 aliphatic heterocycles. The van der Waals surface area contributed by atoms with Gasteiger partial charge in [-0.1, -0.05) is 38.6 Å². The number of carbonyl (C=O) groups is 2. The van der Waals surface area contributed by atoms with E-state index >= 15 is 0 Å². The highest BCUT2D eigenvalue weighted by Crippen LogP contribution is 2.47. The highest BCUT2D eigenvalue weighted by Gasteiger charge is 2.39. The van der Waals surface area contributed by atoms with E-state index in [0.717, 1.165) is 16.9 Å². The topological polar surface area (TPSA) is 89.8 Å². The number of rotatable bonds is 6. The van der Waals surface area contributed by atoms with E-state index in [1.54, 1.807) is 19.1 Å². The molecular weight excluding hydrogens is 396 g/mol. The number of hydrogen-bond acceptors (Lipinski definition) is 6. The van der Waals surface area contributed by atoms with E-state index in [-0.39, 0.29) is 29.1 Å². The van der Waals surface area contributed by atoms with Crippen LogP contribution in [0.2, 0.25) is 0 Å². The lowest BCUT2D eigenvalue weighted by Crippen LogP contribution is -2.29. The molecule has 1 aromatic carbocycles. The zero-order valence-electron chi connectivity index (χ0n) is 17.8. The van der Waals surface area contributed by atoms with Crippen molar-refractivity contribution in [3.05, 3.63) is 99.4 Å². The minimum atomic E-state index is -0.526. The molecule has 1 aliphatic carbocycles. The van der Waals surface area contributed by atoms with Crippen molar-refractivity contribution < 1.29 is 19.2 Å². The van der Waals surface area contributed by atoms with Gasteiger partial charge < -0.3 is 9.64 Å². The third-order valence-corrected chi connectivity index (χ3v) is 5.32. The highest BCUT2D eigenvalue weighted by molar-refractivity contribution is 6.07. The van der Waals surface area contributed by atoms with Gasteiger partial charge in [0, 0.05) is 40.1 Å². The maximum absolute atomic E-state index is 12.2. The summed E-state index contributed by atoms with van der Waals surface area (Å²) < 4.78 is 5.28. The van der Waals surface area contributed by atoms with E-state index in [0.29, 0.717) is 12.1 Å². The van der Waals surface area contributed by atoms with E-state index in [2.05, 4.69) is 20.4 Å². The number of ether oxygens (including phenoxy) is 1. The van der Waals surface area contributed by atoms with Gasteiger partial charge in [-0.25, -0.2) is 4.79 Å². The number of allylic oxidation sites excluding steroid dienone is 7. The highest BCUT2D eigenvalue weighted by atomic mass is 16.6. The first-order chi connectivity index (χ1) is 14.6. The van der Waals surface area contributed by atoms with Crippen molar-refractivity contribution in [2.75, 3.05) is 18.1 Å². The van der Waals surface area contributed by atoms with Crippen molar-refractivity contribution in [1.82, 2.24) is 0 Å². The second-order valence-corrected chi connectivity index (χ2v) is 7.91. The van der Waals surface area contributed by atoms with Gasteiger partial charge in [-0.2, -0.15) is 0 Å². The van der Waals surface area contributed by atoms with E-state index in [4.69, 9.17) is 4.74 Å². The molecule has 0 fully saturated rings. The largest absolute Gasteiger partial charge is 0.460 e. The van der Waals surface area contributed by atoms with Crippen LogP contribution in [0.25, 0.3) is 0 Å². The van der Waals surface area contributed by atoms with Crippen molar-refractivity contribution in [3.63, 3.8) is 0 Å². The maximum atomic E-state index is 12.2. The average molecular weight is 420 g/mol. The van der Waals surface area contributed by atoms with Crippen LogP contribution >= 0.6 is 0 Å². The number of nitro groups is 1. The molecule has 0 unspecified atom stereocenters. The molecule has 1 heterocycles. The van der Waals surface area contributed by atoms with Gasteiger partial charge in [0.25, 0.3) is 5.70 Å². The van der Waals surface area contributed by atoms with Crippen molar-refractivity contribution in [2.45, 2.75) is 26.2 Å². The molecule has 0 saturated heterocycles. The van der Waals surface area contributed by atoms with E-state index in [1.165, 1.54) is 18.2 Å². The van der Waals surface area contributed by atoms with Crippen LogP contribution in [0.4, 0.5) is 5.69 Å². The quantitative estimate of drug-likeness (QED) is 0.299. The SMILES string of the molecule is C=C(C)C(=O)OCCN1/C(=C\C=C2\C=C([N+](=O)[O-])C=CC2=O)C(C)(C)c2ccccc21. The Morgan fingerprint density at radius 2 is 1.97 bits per heavy atom. The Balaban J connectivity index is 1.96. The van der Waals surface area contributed by atoms with Crippen molar-refractivity contribution in [1.29, 1.82) is 0 Å². The number of nitrogens with zero attached hydrogens (tertiary/aromatic N) is 2. The van der Waals surface area contributed by atoms with Gasteiger partial charge in [-0.3, -0.25) is 14.9 Å². The smallest absolute Gasteiger partial charge is 0.333 e. The second-order valence-electron chi connectivity index (χ2n) is 7.91. The van der Waals surface area contributed by atoms with E-state index in [9.17, 15) is 19.7 Å². The lowest BCUT2D eigenvalue weighted by molar-refractivity contribution is -0.419.